The van der Waals surface area contributed by atoms with Gasteiger partial charge in [0.25, 0.3) is 0 Å². The monoisotopic (exact) mass is 312 g/mol. The van der Waals surface area contributed by atoms with Gasteiger partial charge in [-0.3, -0.25) is 4.79 Å². The van der Waals surface area contributed by atoms with Gasteiger partial charge in [0.2, 0.25) is 5.91 Å². The van der Waals surface area contributed by atoms with Gasteiger partial charge in [-0.05, 0) is 30.2 Å². The van der Waals surface area contributed by atoms with Gasteiger partial charge in [-0.1, -0.05) is 15.9 Å². The van der Waals surface area contributed by atoms with Crippen LogP contribution in [0, 0.1) is 0 Å². The first-order valence-electron chi connectivity index (χ1n) is 6.01. The van der Waals surface area contributed by atoms with E-state index < -0.39 is 0 Å². The Morgan fingerprint density at radius 1 is 1.56 bits per heavy atom. The molecular weight excluding hydrogens is 296 g/mol. The summed E-state index contributed by atoms with van der Waals surface area (Å²) >= 11 is 3.52. The van der Waals surface area contributed by atoms with Gasteiger partial charge in [0.05, 0.1) is 7.11 Å². The molecule has 1 unspecified atom stereocenters. The Morgan fingerprint density at radius 2 is 2.39 bits per heavy atom. The molecule has 0 bridgehead atoms. The molecule has 0 aromatic heterocycles. The third kappa shape index (κ3) is 3.46. The molecule has 0 aliphatic carbocycles. The fourth-order valence-corrected chi connectivity index (χ4v) is 2.41. The summed E-state index contributed by atoms with van der Waals surface area (Å²) in [4.78, 5) is 11.1. The van der Waals surface area contributed by atoms with Gasteiger partial charge in [-0.2, -0.15) is 0 Å². The van der Waals surface area contributed by atoms with Crippen molar-refractivity contribution in [1.29, 1.82) is 0 Å². The quantitative estimate of drug-likeness (QED) is 0.872. The smallest absolute Gasteiger partial charge is 0.220 e. The first-order chi connectivity index (χ1) is 8.69. The summed E-state index contributed by atoms with van der Waals surface area (Å²) in [6, 6.07) is 6.17. The van der Waals surface area contributed by atoms with Gasteiger partial charge >= 0.3 is 0 Å². The molecule has 18 heavy (non-hydrogen) atoms. The average molecular weight is 313 g/mol. The van der Waals surface area contributed by atoms with Crippen LogP contribution in [0.5, 0.6) is 5.75 Å². The van der Waals surface area contributed by atoms with Gasteiger partial charge in [0, 0.05) is 30.0 Å². The number of halogens is 1. The summed E-state index contributed by atoms with van der Waals surface area (Å²) in [6.45, 7) is 1.56. The van der Waals surface area contributed by atoms with Crippen molar-refractivity contribution in [2.45, 2.75) is 25.4 Å². The fraction of sp³-hybridized carbons (Fsp3) is 0.462. The minimum Gasteiger partial charge on any atom is -0.497 e. The van der Waals surface area contributed by atoms with Gasteiger partial charge in [-0.15, -0.1) is 0 Å². The molecule has 1 aromatic carbocycles. The van der Waals surface area contributed by atoms with Crippen molar-refractivity contribution in [3.63, 3.8) is 0 Å². The van der Waals surface area contributed by atoms with E-state index in [9.17, 15) is 4.79 Å². The summed E-state index contributed by atoms with van der Waals surface area (Å²) in [5.74, 6) is 1.01. The van der Waals surface area contributed by atoms with Gasteiger partial charge in [0.15, 0.2) is 0 Å². The molecular formula is C13H17BrN2O2. The molecule has 2 rings (SSSR count). The first kappa shape index (κ1) is 13.4. The lowest BCUT2D eigenvalue weighted by atomic mass is 10.2. The van der Waals surface area contributed by atoms with Crippen LogP contribution in [0.4, 0.5) is 0 Å². The maximum Gasteiger partial charge on any atom is 0.220 e. The molecule has 4 nitrogen and oxygen atoms in total. The SMILES string of the molecule is COc1ccc(Br)c(CNCC2CCC(=O)N2)c1. The molecule has 2 N–H and O–H groups in total. The van der Waals surface area contributed by atoms with E-state index >= 15 is 0 Å². The summed E-state index contributed by atoms with van der Waals surface area (Å²) in [5, 5.41) is 6.30. The van der Waals surface area contributed by atoms with Crippen LogP contribution in [0.15, 0.2) is 22.7 Å². The minimum atomic E-state index is 0.157. The van der Waals surface area contributed by atoms with Crippen LogP contribution in [0.1, 0.15) is 18.4 Å². The molecule has 0 spiro atoms. The number of methoxy groups -OCH3 is 1. The van der Waals surface area contributed by atoms with E-state index in [1.807, 2.05) is 18.2 Å². The Bertz CT molecular complexity index is 437. The Morgan fingerprint density at radius 3 is 3.06 bits per heavy atom. The van der Waals surface area contributed by atoms with E-state index in [0.717, 1.165) is 35.3 Å². The van der Waals surface area contributed by atoms with Crippen LogP contribution in [-0.2, 0) is 11.3 Å². The third-order valence-corrected chi connectivity index (χ3v) is 3.82. The summed E-state index contributed by atoms with van der Waals surface area (Å²) in [5.41, 5.74) is 1.15. The second-order valence-electron chi connectivity index (χ2n) is 4.39. The number of carbonyl (C=O) groups is 1. The van der Waals surface area contributed by atoms with E-state index in [-0.39, 0.29) is 11.9 Å². The lowest BCUT2D eigenvalue weighted by molar-refractivity contribution is -0.119. The zero-order chi connectivity index (χ0) is 13.0. The van der Waals surface area contributed by atoms with E-state index in [4.69, 9.17) is 4.74 Å². The summed E-state index contributed by atoms with van der Waals surface area (Å²) < 4.78 is 6.26. The molecule has 0 saturated carbocycles. The number of rotatable bonds is 5. The molecule has 1 aromatic rings. The fourth-order valence-electron chi connectivity index (χ4n) is 2.03. The van der Waals surface area contributed by atoms with E-state index in [1.54, 1.807) is 7.11 Å². The number of nitrogens with one attached hydrogen (secondary N) is 2. The zero-order valence-electron chi connectivity index (χ0n) is 10.3. The van der Waals surface area contributed by atoms with E-state index in [2.05, 4.69) is 26.6 Å². The molecule has 0 radical (unpaired) electrons. The van der Waals surface area contributed by atoms with Crippen molar-refractivity contribution in [1.82, 2.24) is 10.6 Å². The molecule has 1 aliphatic heterocycles. The zero-order valence-corrected chi connectivity index (χ0v) is 11.9. The van der Waals surface area contributed by atoms with Crippen molar-refractivity contribution in [3.05, 3.63) is 28.2 Å². The van der Waals surface area contributed by atoms with Crippen molar-refractivity contribution < 1.29 is 9.53 Å². The highest BCUT2D eigenvalue weighted by Gasteiger charge is 2.19. The molecule has 1 atom stereocenters. The molecule has 5 heteroatoms. The van der Waals surface area contributed by atoms with E-state index in [1.165, 1.54) is 0 Å². The number of hydrogen-bond donors (Lipinski definition) is 2. The van der Waals surface area contributed by atoms with Crippen LogP contribution < -0.4 is 15.4 Å². The topological polar surface area (TPSA) is 50.4 Å². The maximum atomic E-state index is 11.1. The van der Waals surface area contributed by atoms with Crippen LogP contribution in [-0.4, -0.2) is 25.6 Å². The highest BCUT2D eigenvalue weighted by atomic mass is 79.9. The standard InChI is InChI=1S/C13H17BrN2O2/c1-18-11-3-4-12(14)9(6-11)7-15-8-10-2-5-13(17)16-10/h3-4,6,10,15H,2,5,7-8H2,1H3,(H,16,17). The van der Waals surface area contributed by atoms with Gasteiger partial charge in [0.1, 0.15) is 5.75 Å². The first-order valence-corrected chi connectivity index (χ1v) is 6.81. The number of benzene rings is 1. The lowest BCUT2D eigenvalue weighted by Crippen LogP contribution is -2.35. The van der Waals surface area contributed by atoms with Crippen molar-refractivity contribution >= 4 is 21.8 Å². The molecule has 98 valence electrons. The molecule has 1 saturated heterocycles. The highest BCUT2D eigenvalue weighted by molar-refractivity contribution is 9.10. The van der Waals surface area contributed by atoms with E-state index in [0.29, 0.717) is 6.42 Å². The average Bonchev–Trinajstić information content (AvgIpc) is 2.77. The largest absolute Gasteiger partial charge is 0.497 e. The predicted octanol–water partition coefficient (Wildman–Crippen LogP) is 1.83. The Hall–Kier alpha value is -1.07. The van der Waals surface area contributed by atoms with Gasteiger partial charge in [-0.25, -0.2) is 0 Å². The molecule has 1 amide bonds. The van der Waals surface area contributed by atoms with Gasteiger partial charge < -0.3 is 15.4 Å². The second-order valence-corrected chi connectivity index (χ2v) is 5.25. The number of ether oxygens (including phenoxy) is 1. The minimum absolute atomic E-state index is 0.157. The number of amides is 1. The number of carbonyl (C=O) groups excluding carboxylic acids is 1. The predicted molar refractivity (Wildman–Crippen MR) is 73.6 cm³/mol. The van der Waals surface area contributed by atoms with Crippen LogP contribution in [0.3, 0.4) is 0 Å². The van der Waals surface area contributed by atoms with Crippen molar-refractivity contribution in [2.24, 2.45) is 0 Å². The Balaban J connectivity index is 1.84. The van der Waals surface area contributed by atoms with Crippen molar-refractivity contribution in [2.75, 3.05) is 13.7 Å². The molecule has 1 heterocycles. The van der Waals surface area contributed by atoms with Crippen LogP contribution in [0.25, 0.3) is 0 Å². The van der Waals surface area contributed by atoms with Crippen LogP contribution >= 0.6 is 15.9 Å². The van der Waals surface area contributed by atoms with Crippen LogP contribution in [0.2, 0.25) is 0 Å². The normalized spacial score (nSPS) is 18.8. The second kappa shape index (κ2) is 6.20. The third-order valence-electron chi connectivity index (χ3n) is 3.04. The van der Waals surface area contributed by atoms with Crippen molar-refractivity contribution in [3.8, 4) is 5.75 Å². The number of hydrogen-bond acceptors (Lipinski definition) is 3. The summed E-state index contributed by atoms with van der Waals surface area (Å²) in [7, 11) is 1.66. The lowest BCUT2D eigenvalue weighted by Gasteiger charge is -2.12. The highest BCUT2D eigenvalue weighted by Crippen LogP contribution is 2.22. The molecule has 1 aliphatic rings. The maximum absolute atomic E-state index is 11.1. The Labute approximate surface area is 115 Å². The molecule has 1 fully saturated rings. The Kier molecular flexibility index (Phi) is 4.60. The summed E-state index contributed by atoms with van der Waals surface area (Å²) in [6.07, 6.45) is 1.57.